The molecule has 54 valence electrons. The average molecular weight is 171 g/mol. The highest BCUT2D eigenvalue weighted by Gasteiger charge is 1.85. The zero-order valence-electron chi connectivity index (χ0n) is 4.61. The average Bonchev–Trinajstić information content (AvgIpc) is 2.14. The van der Waals surface area contributed by atoms with E-state index in [1.165, 1.54) is 12.7 Å². The Kier molecular flexibility index (Phi) is 7.53. The Balaban J connectivity index is 0. The zero-order valence-corrected chi connectivity index (χ0v) is 6.24. The maximum Gasteiger partial charge on any atom is 0.180 e. The van der Waals surface area contributed by atoms with Gasteiger partial charge < -0.3 is 10.2 Å². The van der Waals surface area contributed by atoms with E-state index in [9.17, 15) is 0 Å². The van der Waals surface area contributed by atoms with Crippen LogP contribution in [0.25, 0.3) is 0 Å². The standard InChI is InChI=1S/C4H6N2O.2ClH/c5-1-4-2-7-3-6-4;;/h2-3H,1,5H2;2*1H. The highest BCUT2D eigenvalue weighted by molar-refractivity contribution is 5.85. The van der Waals surface area contributed by atoms with Gasteiger partial charge in [-0.05, 0) is 0 Å². The first kappa shape index (κ1) is 11.5. The molecule has 0 saturated carbocycles. The minimum atomic E-state index is 0. The molecule has 1 rings (SSSR count). The molecule has 0 spiro atoms. The molecule has 0 amide bonds. The van der Waals surface area contributed by atoms with Crippen molar-refractivity contribution in [2.24, 2.45) is 5.73 Å². The summed E-state index contributed by atoms with van der Waals surface area (Å²) < 4.78 is 4.61. The van der Waals surface area contributed by atoms with Crippen molar-refractivity contribution in [1.29, 1.82) is 0 Å². The van der Waals surface area contributed by atoms with Crippen LogP contribution in [0, 0.1) is 0 Å². The van der Waals surface area contributed by atoms with Gasteiger partial charge in [-0.3, -0.25) is 0 Å². The number of oxazole rings is 1. The van der Waals surface area contributed by atoms with Crippen LogP contribution in [0.1, 0.15) is 5.69 Å². The quantitative estimate of drug-likeness (QED) is 0.684. The number of nitrogens with two attached hydrogens (primary N) is 1. The van der Waals surface area contributed by atoms with E-state index in [1.54, 1.807) is 0 Å². The van der Waals surface area contributed by atoms with Gasteiger partial charge in [0, 0.05) is 6.54 Å². The molecule has 0 aliphatic heterocycles. The molecule has 0 saturated heterocycles. The molecule has 0 bridgehead atoms. The second kappa shape index (κ2) is 5.88. The smallest absolute Gasteiger partial charge is 0.180 e. The zero-order chi connectivity index (χ0) is 5.11. The highest BCUT2D eigenvalue weighted by atomic mass is 35.5. The Morgan fingerprint density at radius 1 is 1.56 bits per heavy atom. The number of halogens is 2. The Labute approximate surface area is 65.5 Å². The van der Waals surface area contributed by atoms with Crippen molar-refractivity contribution in [3.05, 3.63) is 18.4 Å². The molecule has 1 heterocycles. The van der Waals surface area contributed by atoms with Gasteiger partial charge in [0.05, 0.1) is 5.69 Å². The van der Waals surface area contributed by atoms with E-state index in [4.69, 9.17) is 5.73 Å². The van der Waals surface area contributed by atoms with E-state index in [2.05, 4.69) is 9.40 Å². The summed E-state index contributed by atoms with van der Waals surface area (Å²) in [5.41, 5.74) is 5.96. The molecule has 9 heavy (non-hydrogen) atoms. The van der Waals surface area contributed by atoms with Crippen molar-refractivity contribution >= 4 is 24.8 Å². The molecule has 0 atom stereocenters. The number of aromatic nitrogens is 1. The van der Waals surface area contributed by atoms with Gasteiger partial charge in [0.15, 0.2) is 6.39 Å². The molecule has 0 unspecified atom stereocenters. The first-order chi connectivity index (χ1) is 3.43. The fourth-order valence-electron chi connectivity index (χ4n) is 0.338. The van der Waals surface area contributed by atoms with Crippen molar-refractivity contribution in [1.82, 2.24) is 4.98 Å². The minimum absolute atomic E-state index is 0. The molecule has 5 heteroatoms. The van der Waals surface area contributed by atoms with Gasteiger partial charge in [0.1, 0.15) is 6.26 Å². The summed E-state index contributed by atoms with van der Waals surface area (Å²) >= 11 is 0. The normalized spacial score (nSPS) is 7.22. The number of hydrogen-bond acceptors (Lipinski definition) is 3. The van der Waals surface area contributed by atoms with Crippen LogP contribution in [0.5, 0.6) is 0 Å². The second-order valence-electron chi connectivity index (χ2n) is 1.18. The minimum Gasteiger partial charge on any atom is -0.451 e. The molecule has 1 aromatic rings. The maximum atomic E-state index is 5.17. The lowest BCUT2D eigenvalue weighted by Crippen LogP contribution is -1.94. The molecular formula is C4H8Cl2N2O. The van der Waals surface area contributed by atoms with Crippen LogP contribution in [-0.4, -0.2) is 4.98 Å². The molecule has 0 aliphatic rings. The monoisotopic (exact) mass is 170 g/mol. The first-order valence-electron chi connectivity index (χ1n) is 2.00. The van der Waals surface area contributed by atoms with E-state index in [0.717, 1.165) is 5.69 Å². The Bertz CT molecular complexity index is 131. The summed E-state index contributed by atoms with van der Waals surface area (Å²) in [6, 6.07) is 0. The van der Waals surface area contributed by atoms with E-state index < -0.39 is 0 Å². The van der Waals surface area contributed by atoms with E-state index >= 15 is 0 Å². The van der Waals surface area contributed by atoms with Crippen LogP contribution in [0.2, 0.25) is 0 Å². The van der Waals surface area contributed by atoms with Crippen molar-refractivity contribution in [3.8, 4) is 0 Å². The van der Waals surface area contributed by atoms with Crippen LogP contribution in [0.15, 0.2) is 17.1 Å². The fraction of sp³-hybridized carbons (Fsp3) is 0.250. The van der Waals surface area contributed by atoms with Crippen molar-refractivity contribution in [2.45, 2.75) is 6.54 Å². The Morgan fingerprint density at radius 3 is 2.44 bits per heavy atom. The maximum absolute atomic E-state index is 5.17. The van der Waals surface area contributed by atoms with E-state index in [1.807, 2.05) is 0 Å². The van der Waals surface area contributed by atoms with Crippen molar-refractivity contribution < 1.29 is 4.42 Å². The van der Waals surface area contributed by atoms with Crippen LogP contribution >= 0.6 is 24.8 Å². The fourth-order valence-corrected chi connectivity index (χ4v) is 0.338. The third-order valence-corrected chi connectivity index (χ3v) is 0.693. The second-order valence-corrected chi connectivity index (χ2v) is 1.18. The highest BCUT2D eigenvalue weighted by Crippen LogP contribution is 1.88. The number of nitrogens with zero attached hydrogens (tertiary/aromatic N) is 1. The van der Waals surface area contributed by atoms with E-state index in [0.29, 0.717) is 6.54 Å². The summed E-state index contributed by atoms with van der Waals surface area (Å²) in [5, 5.41) is 0. The summed E-state index contributed by atoms with van der Waals surface area (Å²) in [6.45, 7) is 0.455. The van der Waals surface area contributed by atoms with Gasteiger partial charge in [0.25, 0.3) is 0 Å². The summed E-state index contributed by atoms with van der Waals surface area (Å²) in [6.07, 6.45) is 2.89. The van der Waals surface area contributed by atoms with Crippen LogP contribution in [0.4, 0.5) is 0 Å². The van der Waals surface area contributed by atoms with Gasteiger partial charge in [-0.1, -0.05) is 0 Å². The summed E-state index contributed by atoms with van der Waals surface area (Å²) in [5.74, 6) is 0. The third kappa shape index (κ3) is 3.35. The molecule has 2 N–H and O–H groups in total. The third-order valence-electron chi connectivity index (χ3n) is 0.693. The number of hydrogen-bond donors (Lipinski definition) is 1. The van der Waals surface area contributed by atoms with Crippen molar-refractivity contribution in [2.75, 3.05) is 0 Å². The predicted molar refractivity (Wildman–Crippen MR) is 38.9 cm³/mol. The molecule has 1 aromatic heterocycles. The summed E-state index contributed by atoms with van der Waals surface area (Å²) in [7, 11) is 0. The molecule has 0 aliphatic carbocycles. The topological polar surface area (TPSA) is 52.0 Å². The first-order valence-corrected chi connectivity index (χ1v) is 2.00. The van der Waals surface area contributed by atoms with Crippen molar-refractivity contribution in [3.63, 3.8) is 0 Å². The van der Waals surface area contributed by atoms with Gasteiger partial charge in [-0.15, -0.1) is 24.8 Å². The Hall–Kier alpha value is -0.250. The Morgan fingerprint density at radius 2 is 2.22 bits per heavy atom. The SMILES string of the molecule is Cl.Cl.NCc1cocn1. The van der Waals surface area contributed by atoms with Gasteiger partial charge in [0.2, 0.25) is 0 Å². The van der Waals surface area contributed by atoms with Crippen LogP contribution < -0.4 is 5.73 Å². The van der Waals surface area contributed by atoms with Gasteiger partial charge >= 0.3 is 0 Å². The largest absolute Gasteiger partial charge is 0.451 e. The van der Waals surface area contributed by atoms with Crippen LogP contribution in [0.3, 0.4) is 0 Å². The molecule has 3 nitrogen and oxygen atoms in total. The predicted octanol–water partition coefficient (Wildman–Crippen LogP) is 0.977. The van der Waals surface area contributed by atoms with Gasteiger partial charge in [-0.2, -0.15) is 0 Å². The lowest BCUT2D eigenvalue weighted by Gasteiger charge is -1.76. The van der Waals surface area contributed by atoms with Gasteiger partial charge in [-0.25, -0.2) is 4.98 Å². The van der Waals surface area contributed by atoms with E-state index in [-0.39, 0.29) is 24.8 Å². The van der Waals surface area contributed by atoms with Crippen LogP contribution in [-0.2, 0) is 6.54 Å². The summed E-state index contributed by atoms with van der Waals surface area (Å²) in [4.78, 5) is 3.74. The number of rotatable bonds is 1. The molecule has 0 aromatic carbocycles. The molecule has 0 fully saturated rings. The molecular weight excluding hydrogens is 163 g/mol. The molecule has 0 radical (unpaired) electrons. The lowest BCUT2D eigenvalue weighted by molar-refractivity contribution is 0.556. The lowest BCUT2D eigenvalue weighted by atomic mass is 10.5.